The Morgan fingerprint density at radius 2 is 1.43 bits per heavy atom. The standard InChI is InChI=1S/C57H66ClF3N5O7PS3/c1-40(2)66-41(3)56(76(4,69)70)54(55(66)44-13-16-47(58)17-14-44)46-9-8-10-50(36-46)64-31-29-63(30-32-64)48-18-20-49(21-19-48)65-33-34-73-74(65,68)51-22-15-45(53(37-51)77(71,72)57(59,60)61)35-43(39-75-52-11-6-5-7-12-52)25-28-62-26-23-42(38-67)24-27-62/h5-22,36-37,40,42-43,67H,23-35,38-39H2,1-4H3/t43-,74-/m0/s1. The van der Waals surface area contributed by atoms with Crippen molar-refractivity contribution < 1.29 is 44.2 Å². The Morgan fingerprint density at radius 3 is 2.05 bits per heavy atom. The van der Waals surface area contributed by atoms with Gasteiger partial charge in [-0.25, -0.2) is 16.8 Å². The lowest BCUT2D eigenvalue weighted by Gasteiger charge is -2.37. The van der Waals surface area contributed by atoms with Gasteiger partial charge in [0.05, 0.1) is 33.9 Å². The summed E-state index contributed by atoms with van der Waals surface area (Å²) in [4.78, 5) is 7.17. The number of aliphatic hydroxyl groups excluding tert-OH is 1. The molecule has 3 fully saturated rings. The molecular formula is C57H66ClF3N5O7PS3. The van der Waals surface area contributed by atoms with Crippen LogP contribution >= 0.6 is 30.9 Å². The zero-order valence-corrected chi connectivity index (χ0v) is 47.8. The average Bonchev–Trinajstić information content (AvgIpc) is 4.00. The zero-order valence-electron chi connectivity index (χ0n) is 43.7. The summed E-state index contributed by atoms with van der Waals surface area (Å²) in [5, 5.41) is 10.1. The highest BCUT2D eigenvalue weighted by molar-refractivity contribution is 7.99. The lowest BCUT2D eigenvalue weighted by atomic mass is 9.95. The SMILES string of the molecule is Cc1c(S(C)(=O)=O)c(-c2cccc(N3CCN(c4ccc(N5CCO[P@@]5(=O)c5ccc(C[C@H](CCN6CCC(CO)CC6)CSc6ccccc6)c(S(=O)(=O)C(F)(F)F)c5)cc4)CC3)c2)c(-c2ccc(Cl)cc2)n1C(C)C. The van der Waals surface area contributed by atoms with E-state index in [9.17, 15) is 35.1 Å². The molecule has 4 heterocycles. The fourth-order valence-corrected chi connectivity index (χ4v) is 16.9. The summed E-state index contributed by atoms with van der Waals surface area (Å²) in [6.07, 6.45) is 3.64. The first-order valence-electron chi connectivity index (χ1n) is 26.1. The van der Waals surface area contributed by atoms with Crippen molar-refractivity contribution in [1.82, 2.24) is 9.47 Å². The molecule has 77 heavy (non-hydrogen) atoms. The lowest BCUT2D eigenvalue weighted by Crippen LogP contribution is -2.46. The first-order chi connectivity index (χ1) is 36.7. The summed E-state index contributed by atoms with van der Waals surface area (Å²) in [7, 11) is -13.6. The van der Waals surface area contributed by atoms with Crippen molar-refractivity contribution in [2.24, 2.45) is 11.8 Å². The Labute approximate surface area is 460 Å². The van der Waals surface area contributed by atoms with E-state index in [2.05, 4.69) is 25.3 Å². The Hall–Kier alpha value is -4.78. The van der Waals surface area contributed by atoms with Crippen LogP contribution < -0.4 is 19.8 Å². The van der Waals surface area contributed by atoms with E-state index >= 15 is 4.57 Å². The van der Waals surface area contributed by atoms with E-state index in [1.54, 1.807) is 23.9 Å². The third-order valence-electron chi connectivity index (χ3n) is 15.1. The Bertz CT molecular complexity index is 3320. The van der Waals surface area contributed by atoms with E-state index in [-0.39, 0.29) is 54.9 Å². The predicted molar refractivity (Wildman–Crippen MR) is 305 cm³/mol. The van der Waals surface area contributed by atoms with Gasteiger partial charge < -0.3 is 28.9 Å². The van der Waals surface area contributed by atoms with E-state index in [1.807, 2.05) is 106 Å². The van der Waals surface area contributed by atoms with Crippen LogP contribution in [0.15, 0.2) is 136 Å². The third-order valence-corrected chi connectivity index (χ3v) is 21.9. The number of piperidine rings is 1. The number of thioether (sulfide) groups is 1. The highest BCUT2D eigenvalue weighted by atomic mass is 35.5. The minimum atomic E-state index is -5.88. The second-order valence-corrected chi connectivity index (χ2v) is 28.3. The van der Waals surface area contributed by atoms with Crippen LogP contribution in [0.5, 0.6) is 0 Å². The Kier molecular flexibility index (Phi) is 17.4. The number of sulfone groups is 2. The van der Waals surface area contributed by atoms with Gasteiger partial charge in [-0.05, 0) is 167 Å². The van der Waals surface area contributed by atoms with Gasteiger partial charge in [-0.2, -0.15) is 13.2 Å². The molecule has 1 aromatic heterocycles. The van der Waals surface area contributed by atoms with Gasteiger partial charge in [0.1, 0.15) is 0 Å². The first kappa shape index (κ1) is 56.9. The van der Waals surface area contributed by atoms with Gasteiger partial charge in [0, 0.05) is 89.1 Å². The van der Waals surface area contributed by atoms with Crippen molar-refractivity contribution in [2.75, 3.05) is 92.1 Å². The molecule has 5 aromatic carbocycles. The molecule has 6 aromatic rings. The quantitative estimate of drug-likeness (QED) is 0.0649. The molecule has 0 saturated carbocycles. The number of piperazine rings is 1. The summed E-state index contributed by atoms with van der Waals surface area (Å²) in [5.74, 6) is 0.591. The number of anilines is 3. The maximum absolute atomic E-state index is 15.0. The number of aromatic nitrogens is 1. The molecule has 9 rings (SSSR count). The molecule has 20 heteroatoms. The molecule has 0 radical (unpaired) electrons. The zero-order chi connectivity index (χ0) is 54.9. The maximum Gasteiger partial charge on any atom is 0.501 e. The summed E-state index contributed by atoms with van der Waals surface area (Å²) in [6, 6.07) is 36.3. The number of hydrogen-bond donors (Lipinski definition) is 1. The highest BCUT2D eigenvalue weighted by Crippen LogP contribution is 2.56. The van der Waals surface area contributed by atoms with Crippen LogP contribution in [-0.4, -0.2) is 114 Å². The van der Waals surface area contributed by atoms with E-state index in [1.165, 1.54) is 23.1 Å². The average molecular weight is 1150 g/mol. The molecule has 0 bridgehead atoms. The third kappa shape index (κ3) is 12.4. The van der Waals surface area contributed by atoms with Crippen LogP contribution in [0.1, 0.15) is 50.4 Å². The second-order valence-electron chi connectivity index (χ2n) is 20.6. The molecule has 412 valence electrons. The van der Waals surface area contributed by atoms with Crippen molar-refractivity contribution >= 4 is 72.9 Å². The fourth-order valence-electron chi connectivity index (χ4n) is 11.1. The van der Waals surface area contributed by atoms with Crippen molar-refractivity contribution in [3.05, 3.63) is 138 Å². The summed E-state index contributed by atoms with van der Waals surface area (Å²) < 4.78 is 122. The minimum absolute atomic E-state index is 0.0130. The van der Waals surface area contributed by atoms with Gasteiger partial charge >= 0.3 is 13.0 Å². The molecule has 3 aliphatic rings. The lowest BCUT2D eigenvalue weighted by molar-refractivity contribution is -0.0436. The minimum Gasteiger partial charge on any atom is -0.396 e. The van der Waals surface area contributed by atoms with Crippen molar-refractivity contribution in [3.8, 4) is 22.4 Å². The monoisotopic (exact) mass is 1150 g/mol. The van der Waals surface area contributed by atoms with Crippen LogP contribution in [0.3, 0.4) is 0 Å². The molecular weight excluding hydrogens is 1090 g/mol. The molecule has 3 saturated heterocycles. The van der Waals surface area contributed by atoms with E-state index in [0.717, 1.165) is 65.1 Å². The molecule has 3 aliphatic heterocycles. The largest absolute Gasteiger partial charge is 0.501 e. The molecule has 1 N–H and O–H groups in total. The number of halogens is 4. The number of benzene rings is 5. The molecule has 2 atom stereocenters. The van der Waals surface area contributed by atoms with Crippen molar-refractivity contribution in [3.63, 3.8) is 0 Å². The first-order valence-corrected chi connectivity index (χ1v) is 32.4. The topological polar surface area (TPSA) is 133 Å². The normalized spacial score (nSPS) is 18.6. The number of likely N-dealkylation sites (tertiary alicyclic amines) is 1. The molecule has 12 nitrogen and oxygen atoms in total. The molecule has 0 amide bonds. The van der Waals surface area contributed by atoms with Crippen molar-refractivity contribution in [1.29, 1.82) is 0 Å². The summed E-state index contributed by atoms with van der Waals surface area (Å²) in [5.41, 5.74) is 0.542. The van der Waals surface area contributed by atoms with Gasteiger partial charge in [0.25, 0.3) is 9.84 Å². The molecule has 0 unspecified atom stereocenters. The number of rotatable bonds is 18. The maximum atomic E-state index is 15.0. The predicted octanol–water partition coefficient (Wildman–Crippen LogP) is 11.8. The summed E-state index contributed by atoms with van der Waals surface area (Å²) in [6.45, 7) is 11.2. The number of hydrogen-bond acceptors (Lipinski definition) is 11. The fraction of sp³-hybridized carbons (Fsp3) is 0.404. The van der Waals surface area contributed by atoms with Crippen LogP contribution in [0, 0.1) is 18.8 Å². The number of nitrogens with zero attached hydrogens (tertiary/aromatic N) is 5. The Balaban J connectivity index is 0.926. The smallest absolute Gasteiger partial charge is 0.396 e. The van der Waals surface area contributed by atoms with E-state index < -0.39 is 37.6 Å². The molecule has 0 spiro atoms. The Morgan fingerprint density at radius 1 is 0.779 bits per heavy atom. The van der Waals surface area contributed by atoms with Crippen LogP contribution in [0.4, 0.5) is 30.2 Å². The van der Waals surface area contributed by atoms with Gasteiger partial charge in [-0.15, -0.1) is 11.8 Å². The van der Waals surface area contributed by atoms with Crippen LogP contribution in [0.25, 0.3) is 22.4 Å². The number of alkyl halides is 3. The molecule has 0 aliphatic carbocycles. The van der Waals surface area contributed by atoms with Gasteiger partial charge in [0.2, 0.25) is 0 Å². The van der Waals surface area contributed by atoms with E-state index in [4.69, 9.17) is 16.1 Å². The summed E-state index contributed by atoms with van der Waals surface area (Å²) >= 11 is 7.87. The highest BCUT2D eigenvalue weighted by Gasteiger charge is 2.49. The van der Waals surface area contributed by atoms with E-state index in [0.29, 0.717) is 71.8 Å². The van der Waals surface area contributed by atoms with Gasteiger partial charge in [-0.1, -0.05) is 60.1 Å². The second kappa shape index (κ2) is 23.5. The number of aliphatic hydroxyl groups is 1. The van der Waals surface area contributed by atoms with Gasteiger partial charge in [0.15, 0.2) is 9.84 Å². The van der Waals surface area contributed by atoms with Crippen LogP contribution in [-0.2, 0) is 35.2 Å². The van der Waals surface area contributed by atoms with Gasteiger partial charge in [-0.3, -0.25) is 9.24 Å². The van der Waals surface area contributed by atoms with Crippen LogP contribution in [0.2, 0.25) is 5.02 Å². The van der Waals surface area contributed by atoms with Crippen molar-refractivity contribution in [2.45, 2.75) is 72.7 Å².